The molecule has 0 aliphatic carbocycles. The van der Waals surface area contributed by atoms with Gasteiger partial charge in [-0.15, -0.1) is 0 Å². The van der Waals surface area contributed by atoms with E-state index in [-0.39, 0.29) is 6.10 Å². The molecular formula is C10H23NO. The van der Waals surface area contributed by atoms with E-state index in [0.717, 1.165) is 5.92 Å². The lowest BCUT2D eigenvalue weighted by Crippen LogP contribution is -2.37. The minimum absolute atomic E-state index is 0.234. The summed E-state index contributed by atoms with van der Waals surface area (Å²) in [5.74, 6) is 0.740. The second-order valence-electron chi connectivity index (χ2n) is 3.62. The van der Waals surface area contributed by atoms with Gasteiger partial charge in [0.2, 0.25) is 0 Å². The van der Waals surface area contributed by atoms with Crippen LogP contribution in [0, 0.1) is 5.92 Å². The van der Waals surface area contributed by atoms with E-state index in [2.05, 4.69) is 26.1 Å². The third-order valence-electron chi connectivity index (χ3n) is 2.49. The molecule has 0 saturated heterocycles. The Labute approximate surface area is 76.4 Å². The molecule has 0 heterocycles. The first-order valence-corrected chi connectivity index (χ1v) is 5.03. The molecule has 0 spiro atoms. The minimum Gasteiger partial charge on any atom is -0.392 e. The van der Waals surface area contributed by atoms with E-state index >= 15 is 0 Å². The Kier molecular flexibility index (Phi) is 6.39. The van der Waals surface area contributed by atoms with Crippen molar-refractivity contribution in [1.29, 1.82) is 0 Å². The molecule has 74 valence electrons. The molecule has 2 heteroatoms. The second kappa shape index (κ2) is 6.44. The highest BCUT2D eigenvalue weighted by Crippen LogP contribution is 2.12. The van der Waals surface area contributed by atoms with Crippen LogP contribution >= 0.6 is 0 Å². The Balaban J connectivity index is 3.61. The van der Waals surface area contributed by atoms with Crippen molar-refractivity contribution in [2.75, 3.05) is 6.54 Å². The Morgan fingerprint density at radius 2 is 1.67 bits per heavy atom. The Hall–Kier alpha value is -0.0800. The van der Waals surface area contributed by atoms with E-state index in [1.165, 1.54) is 12.8 Å². The molecule has 2 nitrogen and oxygen atoms in total. The van der Waals surface area contributed by atoms with E-state index in [0.29, 0.717) is 12.6 Å². The van der Waals surface area contributed by atoms with E-state index in [1.54, 1.807) is 0 Å². The number of rotatable bonds is 6. The van der Waals surface area contributed by atoms with Crippen molar-refractivity contribution in [3.05, 3.63) is 0 Å². The van der Waals surface area contributed by atoms with Crippen molar-refractivity contribution in [2.24, 2.45) is 5.92 Å². The summed E-state index contributed by atoms with van der Waals surface area (Å²) in [4.78, 5) is 0. The summed E-state index contributed by atoms with van der Waals surface area (Å²) in [7, 11) is 0. The maximum absolute atomic E-state index is 9.07. The lowest BCUT2D eigenvalue weighted by Gasteiger charge is -2.23. The first kappa shape index (κ1) is 11.9. The predicted molar refractivity (Wildman–Crippen MR) is 53.2 cm³/mol. The van der Waals surface area contributed by atoms with Crippen molar-refractivity contribution in [3.63, 3.8) is 0 Å². The normalized spacial score (nSPS) is 16.5. The van der Waals surface area contributed by atoms with E-state index < -0.39 is 0 Å². The molecule has 0 amide bonds. The molecule has 0 aliphatic rings. The van der Waals surface area contributed by atoms with Crippen LogP contribution in [0.5, 0.6) is 0 Å². The van der Waals surface area contributed by atoms with E-state index in [1.807, 2.05) is 6.92 Å². The van der Waals surface area contributed by atoms with E-state index in [9.17, 15) is 0 Å². The largest absolute Gasteiger partial charge is 0.392 e. The molecule has 0 saturated carbocycles. The highest BCUT2D eigenvalue weighted by atomic mass is 16.3. The lowest BCUT2D eigenvalue weighted by molar-refractivity contribution is 0.180. The third kappa shape index (κ3) is 4.73. The van der Waals surface area contributed by atoms with Gasteiger partial charge in [-0.2, -0.15) is 0 Å². The number of aliphatic hydroxyl groups is 1. The lowest BCUT2D eigenvalue weighted by atomic mass is 9.95. The molecule has 0 aromatic carbocycles. The van der Waals surface area contributed by atoms with Crippen molar-refractivity contribution in [3.8, 4) is 0 Å². The zero-order valence-electron chi connectivity index (χ0n) is 8.80. The maximum Gasteiger partial charge on any atom is 0.0636 e. The van der Waals surface area contributed by atoms with Crippen molar-refractivity contribution >= 4 is 0 Å². The summed E-state index contributed by atoms with van der Waals surface area (Å²) in [6, 6.07) is 0.523. The van der Waals surface area contributed by atoms with Crippen LogP contribution in [-0.2, 0) is 0 Å². The van der Waals surface area contributed by atoms with Gasteiger partial charge in [-0.1, -0.05) is 26.7 Å². The molecule has 0 bridgehead atoms. The molecule has 12 heavy (non-hydrogen) atoms. The molecule has 1 unspecified atom stereocenters. The molecule has 0 rings (SSSR count). The zero-order chi connectivity index (χ0) is 9.56. The number of hydrogen-bond acceptors (Lipinski definition) is 2. The number of aliphatic hydroxyl groups excluding tert-OH is 1. The van der Waals surface area contributed by atoms with Crippen LogP contribution in [0.3, 0.4) is 0 Å². The Morgan fingerprint density at radius 3 is 2.00 bits per heavy atom. The summed E-state index contributed by atoms with van der Waals surface area (Å²) in [5, 5.41) is 12.4. The molecular weight excluding hydrogens is 150 g/mol. The summed E-state index contributed by atoms with van der Waals surface area (Å²) in [5.41, 5.74) is 0. The van der Waals surface area contributed by atoms with Crippen LogP contribution in [0.4, 0.5) is 0 Å². The summed E-state index contributed by atoms with van der Waals surface area (Å²) < 4.78 is 0. The van der Waals surface area contributed by atoms with Crippen LogP contribution in [0.25, 0.3) is 0 Å². The molecule has 2 atom stereocenters. The van der Waals surface area contributed by atoms with Gasteiger partial charge in [0.15, 0.2) is 0 Å². The predicted octanol–water partition coefficient (Wildman–Crippen LogP) is 1.78. The Bertz CT molecular complexity index is 100. The first-order valence-electron chi connectivity index (χ1n) is 5.03. The fraction of sp³-hybridized carbons (Fsp3) is 1.00. The fourth-order valence-electron chi connectivity index (χ4n) is 1.52. The third-order valence-corrected chi connectivity index (χ3v) is 2.49. The highest BCUT2D eigenvalue weighted by Gasteiger charge is 2.12. The van der Waals surface area contributed by atoms with Crippen LogP contribution < -0.4 is 5.32 Å². The fourth-order valence-corrected chi connectivity index (χ4v) is 1.52. The molecule has 0 radical (unpaired) electrons. The summed E-state index contributed by atoms with van der Waals surface area (Å²) >= 11 is 0. The van der Waals surface area contributed by atoms with E-state index in [4.69, 9.17) is 5.11 Å². The topological polar surface area (TPSA) is 32.3 Å². The van der Waals surface area contributed by atoms with Gasteiger partial charge < -0.3 is 10.4 Å². The van der Waals surface area contributed by atoms with Crippen molar-refractivity contribution in [2.45, 2.75) is 52.7 Å². The summed E-state index contributed by atoms with van der Waals surface area (Å²) in [6.45, 7) is 9.15. The highest BCUT2D eigenvalue weighted by molar-refractivity contribution is 4.70. The average Bonchev–Trinajstić information content (AvgIpc) is 2.03. The second-order valence-corrected chi connectivity index (χ2v) is 3.62. The Morgan fingerprint density at radius 1 is 1.17 bits per heavy atom. The van der Waals surface area contributed by atoms with Gasteiger partial charge in [-0.05, 0) is 19.8 Å². The van der Waals surface area contributed by atoms with Crippen LogP contribution in [0.1, 0.15) is 40.5 Å². The molecule has 0 aromatic rings. The van der Waals surface area contributed by atoms with Crippen LogP contribution in [-0.4, -0.2) is 23.8 Å². The quantitative estimate of drug-likeness (QED) is 0.641. The smallest absolute Gasteiger partial charge is 0.0636 e. The molecule has 0 aromatic heterocycles. The van der Waals surface area contributed by atoms with Crippen molar-refractivity contribution in [1.82, 2.24) is 5.32 Å². The van der Waals surface area contributed by atoms with Gasteiger partial charge in [0.05, 0.1) is 6.10 Å². The zero-order valence-corrected chi connectivity index (χ0v) is 8.80. The number of nitrogens with one attached hydrogen (secondary N) is 1. The van der Waals surface area contributed by atoms with Gasteiger partial charge in [-0.3, -0.25) is 0 Å². The van der Waals surface area contributed by atoms with Gasteiger partial charge >= 0.3 is 0 Å². The van der Waals surface area contributed by atoms with Gasteiger partial charge in [0, 0.05) is 12.6 Å². The number of hydrogen-bond donors (Lipinski definition) is 2. The SMILES string of the molecule is CCC(CC)C(C)NC[C@@H](C)O. The minimum atomic E-state index is -0.234. The van der Waals surface area contributed by atoms with Gasteiger partial charge in [0.25, 0.3) is 0 Å². The first-order chi connectivity index (χ1) is 5.61. The van der Waals surface area contributed by atoms with Crippen molar-refractivity contribution < 1.29 is 5.11 Å². The standard InChI is InChI=1S/C10H23NO/c1-5-10(6-2)9(4)11-7-8(3)12/h8-12H,5-7H2,1-4H3/t8-,9?/m1/s1. The monoisotopic (exact) mass is 173 g/mol. The van der Waals surface area contributed by atoms with Gasteiger partial charge in [0.1, 0.15) is 0 Å². The maximum atomic E-state index is 9.07. The van der Waals surface area contributed by atoms with Crippen LogP contribution in [0.2, 0.25) is 0 Å². The van der Waals surface area contributed by atoms with Crippen LogP contribution in [0.15, 0.2) is 0 Å². The average molecular weight is 173 g/mol. The molecule has 2 N–H and O–H groups in total. The van der Waals surface area contributed by atoms with Gasteiger partial charge in [-0.25, -0.2) is 0 Å². The summed E-state index contributed by atoms with van der Waals surface area (Å²) in [6.07, 6.45) is 2.19. The molecule has 0 fully saturated rings. The molecule has 0 aliphatic heterocycles.